The monoisotopic (exact) mass is 435 g/mol. The molecule has 3 aromatic rings. The van der Waals surface area contributed by atoms with E-state index in [1.54, 1.807) is 6.20 Å². The lowest BCUT2D eigenvalue weighted by molar-refractivity contribution is -0.0168. The third kappa shape index (κ3) is 6.11. The highest BCUT2D eigenvalue weighted by molar-refractivity contribution is 5.28. The molecule has 1 aromatic heterocycles. The second-order valence-electron chi connectivity index (χ2n) is 8.84. The number of nitrogens with zero attached hydrogens (tertiary/aromatic N) is 3. The van der Waals surface area contributed by atoms with Crippen molar-refractivity contribution in [2.75, 3.05) is 19.7 Å². The van der Waals surface area contributed by atoms with Crippen LogP contribution in [0.3, 0.4) is 0 Å². The predicted molar refractivity (Wildman–Crippen MR) is 125 cm³/mol. The van der Waals surface area contributed by atoms with Crippen molar-refractivity contribution in [3.05, 3.63) is 77.9 Å². The first-order valence-corrected chi connectivity index (χ1v) is 11.3. The maximum absolute atomic E-state index is 11.1. The number of aliphatic hydroxyl groups is 1. The highest BCUT2D eigenvalue weighted by atomic mass is 16.5. The number of rotatable bonds is 8. The van der Waals surface area contributed by atoms with Crippen LogP contribution in [0.2, 0.25) is 0 Å². The molecule has 0 saturated carbocycles. The Bertz CT molecular complexity index is 984. The van der Waals surface area contributed by atoms with Crippen molar-refractivity contribution in [3.8, 4) is 11.5 Å². The summed E-state index contributed by atoms with van der Waals surface area (Å²) < 4.78 is 13.7. The van der Waals surface area contributed by atoms with Crippen LogP contribution < -0.4 is 9.47 Å². The fourth-order valence-corrected chi connectivity index (χ4v) is 4.02. The minimum absolute atomic E-state index is 0.339. The van der Waals surface area contributed by atoms with E-state index >= 15 is 0 Å². The summed E-state index contributed by atoms with van der Waals surface area (Å²) in [5, 5.41) is 11.1. The first kappa shape index (κ1) is 22.4. The van der Waals surface area contributed by atoms with Gasteiger partial charge in [0.05, 0.1) is 5.60 Å². The van der Waals surface area contributed by atoms with Gasteiger partial charge >= 0.3 is 0 Å². The molecule has 2 heterocycles. The van der Waals surface area contributed by atoms with E-state index in [9.17, 15) is 5.11 Å². The fourth-order valence-electron chi connectivity index (χ4n) is 4.02. The Morgan fingerprint density at radius 1 is 0.969 bits per heavy atom. The average molecular weight is 436 g/mol. The Balaban J connectivity index is 1.25. The second-order valence-corrected chi connectivity index (χ2v) is 8.84. The van der Waals surface area contributed by atoms with Gasteiger partial charge in [0.1, 0.15) is 30.5 Å². The predicted octanol–water partition coefficient (Wildman–Crippen LogP) is 4.10. The molecule has 0 amide bonds. The maximum atomic E-state index is 11.1. The molecular weight excluding hydrogens is 402 g/mol. The normalized spacial score (nSPS) is 19.5. The summed E-state index contributed by atoms with van der Waals surface area (Å²) in [7, 11) is 1.96. The molecule has 1 fully saturated rings. The van der Waals surface area contributed by atoms with Gasteiger partial charge in [0.2, 0.25) is 0 Å². The molecule has 0 spiro atoms. The van der Waals surface area contributed by atoms with E-state index in [-0.39, 0.29) is 0 Å². The highest BCUT2D eigenvalue weighted by Gasteiger charge is 2.31. The Morgan fingerprint density at radius 3 is 2.41 bits per heavy atom. The van der Waals surface area contributed by atoms with Crippen molar-refractivity contribution in [2.24, 2.45) is 7.05 Å². The molecular formula is C26H33N3O3. The number of benzene rings is 2. The quantitative estimate of drug-likeness (QED) is 0.577. The molecule has 6 heteroatoms. The van der Waals surface area contributed by atoms with Crippen LogP contribution >= 0.6 is 0 Å². The number of aryl methyl sites for hydroxylation is 2. The van der Waals surface area contributed by atoms with Gasteiger partial charge in [-0.2, -0.15) is 0 Å². The van der Waals surface area contributed by atoms with Gasteiger partial charge in [-0.05, 0) is 62.6 Å². The zero-order chi connectivity index (χ0) is 22.4. The second kappa shape index (κ2) is 10.2. The van der Waals surface area contributed by atoms with Gasteiger partial charge in [-0.15, -0.1) is 0 Å². The average Bonchev–Trinajstić information content (AvgIpc) is 3.12. The van der Waals surface area contributed by atoms with Crippen LogP contribution in [0.15, 0.2) is 60.9 Å². The molecule has 1 N–H and O–H groups in total. The van der Waals surface area contributed by atoms with Gasteiger partial charge in [-0.1, -0.05) is 29.8 Å². The van der Waals surface area contributed by atoms with E-state index in [4.69, 9.17) is 9.47 Å². The van der Waals surface area contributed by atoms with E-state index in [2.05, 4.69) is 28.9 Å². The molecule has 0 bridgehead atoms. The van der Waals surface area contributed by atoms with Crippen molar-refractivity contribution in [1.29, 1.82) is 0 Å². The van der Waals surface area contributed by atoms with Crippen LogP contribution in [-0.2, 0) is 20.2 Å². The topological polar surface area (TPSA) is 59.8 Å². The third-order valence-electron chi connectivity index (χ3n) is 6.16. The molecule has 0 radical (unpaired) electrons. The molecule has 6 nitrogen and oxygen atoms in total. The summed E-state index contributed by atoms with van der Waals surface area (Å²) in [6, 6.07) is 16.3. The van der Waals surface area contributed by atoms with Crippen molar-refractivity contribution >= 4 is 0 Å². The summed E-state index contributed by atoms with van der Waals surface area (Å²) in [6.45, 7) is 5.55. The number of aromatic nitrogens is 2. The molecule has 1 aliphatic rings. The minimum Gasteiger partial charge on any atom is -0.491 e. The molecule has 1 aliphatic heterocycles. The van der Waals surface area contributed by atoms with Crippen LogP contribution in [0, 0.1) is 6.92 Å². The zero-order valence-corrected chi connectivity index (χ0v) is 19.0. The van der Waals surface area contributed by atoms with Gasteiger partial charge in [0, 0.05) is 32.5 Å². The highest BCUT2D eigenvalue weighted by Crippen LogP contribution is 2.25. The summed E-state index contributed by atoms with van der Waals surface area (Å²) in [4.78, 5) is 6.69. The van der Waals surface area contributed by atoms with Gasteiger partial charge in [-0.25, -0.2) is 4.98 Å². The summed E-state index contributed by atoms with van der Waals surface area (Å²) >= 11 is 0. The minimum atomic E-state index is -0.775. The van der Waals surface area contributed by atoms with E-state index in [0.29, 0.717) is 19.6 Å². The number of hydrogen-bond donors (Lipinski definition) is 1. The van der Waals surface area contributed by atoms with Crippen LogP contribution in [-0.4, -0.2) is 44.9 Å². The first-order valence-electron chi connectivity index (χ1n) is 11.3. The number of hydrogen-bond acceptors (Lipinski definition) is 5. The van der Waals surface area contributed by atoms with E-state index in [1.807, 2.05) is 54.2 Å². The van der Waals surface area contributed by atoms with E-state index < -0.39 is 5.60 Å². The number of ether oxygens (including phenoxy) is 2. The summed E-state index contributed by atoms with van der Waals surface area (Å²) in [5.74, 6) is 2.56. The molecule has 0 aliphatic carbocycles. The summed E-state index contributed by atoms with van der Waals surface area (Å²) in [5.41, 5.74) is 1.67. The summed E-state index contributed by atoms with van der Waals surface area (Å²) in [6.07, 6.45) is 6.12. The largest absolute Gasteiger partial charge is 0.491 e. The van der Waals surface area contributed by atoms with Gasteiger partial charge in [0.15, 0.2) is 0 Å². The van der Waals surface area contributed by atoms with Crippen LogP contribution in [0.4, 0.5) is 0 Å². The lowest BCUT2D eigenvalue weighted by atomic mass is 9.96. The first-order chi connectivity index (χ1) is 15.5. The van der Waals surface area contributed by atoms with Crippen LogP contribution in [0.5, 0.6) is 11.5 Å². The van der Waals surface area contributed by atoms with Crippen LogP contribution in [0.1, 0.15) is 36.2 Å². The van der Waals surface area contributed by atoms with Gasteiger partial charge < -0.3 is 19.1 Å². The number of likely N-dealkylation sites (tertiary alicyclic amines) is 1. The Labute approximate surface area is 190 Å². The van der Waals surface area contributed by atoms with Crippen molar-refractivity contribution in [3.63, 3.8) is 0 Å². The molecule has 0 unspecified atom stereocenters. The molecule has 1 atom stereocenters. The van der Waals surface area contributed by atoms with Gasteiger partial charge in [-0.3, -0.25) is 4.90 Å². The Morgan fingerprint density at radius 2 is 1.69 bits per heavy atom. The molecule has 4 rings (SSSR count). The van der Waals surface area contributed by atoms with E-state index in [0.717, 1.165) is 49.8 Å². The lowest BCUT2D eigenvalue weighted by Gasteiger charge is -2.27. The SMILES string of the molecule is Cc1ccc(OC[C@]2(O)CCCN(Cc3ccc(OCc4nccn4C)cc3)CC2)cc1. The third-order valence-corrected chi connectivity index (χ3v) is 6.16. The molecule has 1 saturated heterocycles. The smallest absolute Gasteiger partial charge is 0.146 e. The molecule has 2 aromatic carbocycles. The standard InChI is InChI=1S/C26H33N3O3/c1-21-4-8-24(9-5-21)32-20-26(30)12-3-15-29(16-13-26)18-22-6-10-23(11-7-22)31-19-25-27-14-17-28(25)2/h4-11,14,17,30H,3,12-13,15-16,18-20H2,1-2H3/t26-/m0/s1. The van der Waals surface area contributed by atoms with Gasteiger partial charge in [0.25, 0.3) is 0 Å². The van der Waals surface area contributed by atoms with Crippen molar-refractivity contribution in [2.45, 2.75) is 44.9 Å². The van der Waals surface area contributed by atoms with Crippen LogP contribution in [0.25, 0.3) is 0 Å². The maximum Gasteiger partial charge on any atom is 0.146 e. The zero-order valence-electron chi connectivity index (χ0n) is 19.0. The lowest BCUT2D eigenvalue weighted by Crippen LogP contribution is -2.37. The molecule has 32 heavy (non-hydrogen) atoms. The fraction of sp³-hybridized carbons (Fsp3) is 0.423. The van der Waals surface area contributed by atoms with Crippen molar-refractivity contribution in [1.82, 2.24) is 14.5 Å². The Kier molecular flexibility index (Phi) is 7.12. The Hall–Kier alpha value is -2.83. The molecule has 170 valence electrons. The van der Waals surface area contributed by atoms with E-state index in [1.165, 1.54) is 11.1 Å². The van der Waals surface area contributed by atoms with Crippen molar-refractivity contribution < 1.29 is 14.6 Å². The number of imidazole rings is 1.